The van der Waals surface area contributed by atoms with Crippen LogP contribution in [0.15, 0.2) is 6.20 Å². The summed E-state index contributed by atoms with van der Waals surface area (Å²) in [4.78, 5) is 16.6. The van der Waals surface area contributed by atoms with Gasteiger partial charge in [0.2, 0.25) is 0 Å². The van der Waals surface area contributed by atoms with E-state index in [1.54, 1.807) is 6.20 Å². The second-order valence-corrected chi connectivity index (χ2v) is 4.58. The van der Waals surface area contributed by atoms with Crippen LogP contribution in [0.1, 0.15) is 33.9 Å². The summed E-state index contributed by atoms with van der Waals surface area (Å²) in [7, 11) is 0. The Morgan fingerprint density at radius 1 is 1.75 bits per heavy atom. The number of ketones is 1. The number of aromatic nitrogens is 1. The number of carbonyl (C=O) groups is 1. The highest BCUT2D eigenvalue weighted by atomic mass is 32.1. The molecular weight excluding hydrogens is 170 g/mol. The summed E-state index contributed by atoms with van der Waals surface area (Å²) < 4.78 is 0. The summed E-state index contributed by atoms with van der Waals surface area (Å²) in [6.45, 7) is 1.98. The van der Waals surface area contributed by atoms with E-state index in [4.69, 9.17) is 0 Å². The molecule has 0 aromatic carbocycles. The van der Waals surface area contributed by atoms with Gasteiger partial charge >= 0.3 is 0 Å². The van der Waals surface area contributed by atoms with Crippen LogP contribution in [0.3, 0.4) is 0 Å². The van der Waals surface area contributed by atoms with E-state index in [1.807, 2.05) is 6.92 Å². The molecule has 1 aliphatic carbocycles. The molecule has 1 saturated carbocycles. The Hall–Kier alpha value is -0.700. The van der Waals surface area contributed by atoms with Gasteiger partial charge in [-0.1, -0.05) is 0 Å². The number of Topliss-reactive ketones (excluding diaryl/α,β-unsaturated/α-hetero) is 1. The zero-order valence-electron chi connectivity index (χ0n) is 7.04. The normalized spacial score (nSPS) is 16.4. The van der Waals surface area contributed by atoms with Gasteiger partial charge in [0.25, 0.3) is 0 Å². The Bertz CT molecular complexity index is 301. The minimum Gasteiger partial charge on any atom is -0.292 e. The molecule has 1 fully saturated rings. The first-order valence-electron chi connectivity index (χ1n) is 4.21. The van der Waals surface area contributed by atoms with Crippen molar-refractivity contribution < 1.29 is 4.79 Å². The van der Waals surface area contributed by atoms with Gasteiger partial charge in [0, 0.05) is 17.5 Å². The van der Waals surface area contributed by atoms with Crippen molar-refractivity contribution in [2.45, 2.75) is 26.2 Å². The molecule has 0 bridgehead atoms. The molecule has 2 rings (SSSR count). The Labute approximate surface area is 75.6 Å². The summed E-state index contributed by atoms with van der Waals surface area (Å²) in [5.41, 5.74) is 0. The van der Waals surface area contributed by atoms with E-state index < -0.39 is 0 Å². The Morgan fingerprint density at radius 3 is 3.00 bits per heavy atom. The van der Waals surface area contributed by atoms with Gasteiger partial charge in [-0.25, -0.2) is 4.98 Å². The van der Waals surface area contributed by atoms with E-state index in [1.165, 1.54) is 24.2 Å². The molecule has 1 aromatic rings. The molecule has 2 nitrogen and oxygen atoms in total. The van der Waals surface area contributed by atoms with E-state index in [-0.39, 0.29) is 5.78 Å². The predicted molar refractivity (Wildman–Crippen MR) is 48.5 cm³/mol. The molecule has 0 N–H and O–H groups in total. The van der Waals surface area contributed by atoms with Crippen LogP contribution in [0.4, 0.5) is 0 Å². The van der Waals surface area contributed by atoms with Gasteiger partial charge in [-0.2, -0.15) is 0 Å². The lowest BCUT2D eigenvalue weighted by Gasteiger charge is -1.91. The molecular formula is C9H11NOS. The van der Waals surface area contributed by atoms with Crippen molar-refractivity contribution in [3.05, 3.63) is 16.1 Å². The van der Waals surface area contributed by atoms with Gasteiger partial charge in [0.1, 0.15) is 0 Å². The maximum absolute atomic E-state index is 11.5. The number of hydrogen-bond acceptors (Lipinski definition) is 3. The molecule has 0 spiro atoms. The largest absolute Gasteiger partial charge is 0.292 e. The van der Waals surface area contributed by atoms with Gasteiger partial charge in [-0.3, -0.25) is 4.79 Å². The quantitative estimate of drug-likeness (QED) is 0.670. The fraction of sp³-hybridized carbons (Fsp3) is 0.556. The maximum atomic E-state index is 11.5. The predicted octanol–water partition coefficient (Wildman–Crippen LogP) is 2.43. The molecule has 0 atom stereocenters. The lowest BCUT2D eigenvalue weighted by molar-refractivity contribution is 0.0975. The first-order valence-corrected chi connectivity index (χ1v) is 5.03. The van der Waals surface area contributed by atoms with E-state index in [0.29, 0.717) is 17.3 Å². The lowest BCUT2D eigenvalue weighted by Crippen LogP contribution is -1.98. The second kappa shape index (κ2) is 2.98. The van der Waals surface area contributed by atoms with Crippen LogP contribution in [0, 0.1) is 12.8 Å². The van der Waals surface area contributed by atoms with Crippen LogP contribution in [0.25, 0.3) is 0 Å². The van der Waals surface area contributed by atoms with E-state index >= 15 is 0 Å². The van der Waals surface area contributed by atoms with Gasteiger partial charge in [0.15, 0.2) is 10.8 Å². The number of carbonyl (C=O) groups excluding carboxylic acids is 1. The van der Waals surface area contributed by atoms with Crippen molar-refractivity contribution in [1.29, 1.82) is 0 Å². The average molecular weight is 181 g/mol. The van der Waals surface area contributed by atoms with Crippen LogP contribution in [-0.4, -0.2) is 10.8 Å². The minimum atomic E-state index is 0.232. The molecule has 0 unspecified atom stereocenters. The van der Waals surface area contributed by atoms with E-state index in [2.05, 4.69) is 4.98 Å². The smallest absolute Gasteiger partial charge is 0.191 e. The van der Waals surface area contributed by atoms with Crippen molar-refractivity contribution in [2.75, 3.05) is 0 Å². The van der Waals surface area contributed by atoms with Crippen molar-refractivity contribution in [3.8, 4) is 0 Å². The van der Waals surface area contributed by atoms with Gasteiger partial charge in [-0.05, 0) is 25.7 Å². The fourth-order valence-electron chi connectivity index (χ4n) is 1.16. The van der Waals surface area contributed by atoms with Crippen LogP contribution in [0.2, 0.25) is 0 Å². The second-order valence-electron chi connectivity index (χ2n) is 3.35. The Kier molecular flexibility index (Phi) is 1.97. The fourth-order valence-corrected chi connectivity index (χ4v) is 1.87. The van der Waals surface area contributed by atoms with Gasteiger partial charge in [-0.15, -0.1) is 11.3 Å². The summed E-state index contributed by atoms with van der Waals surface area (Å²) in [5.74, 6) is 0.900. The topological polar surface area (TPSA) is 30.0 Å². The average Bonchev–Trinajstić information content (AvgIpc) is 2.72. The summed E-state index contributed by atoms with van der Waals surface area (Å²) in [5, 5.41) is 0.694. The molecule has 64 valence electrons. The van der Waals surface area contributed by atoms with E-state index in [9.17, 15) is 4.79 Å². The van der Waals surface area contributed by atoms with Crippen molar-refractivity contribution in [1.82, 2.24) is 4.98 Å². The van der Waals surface area contributed by atoms with Gasteiger partial charge in [0.05, 0.1) is 0 Å². The molecule has 1 heterocycles. The maximum Gasteiger partial charge on any atom is 0.191 e. The molecule has 1 aromatic heterocycles. The highest BCUT2D eigenvalue weighted by Crippen LogP contribution is 2.33. The van der Waals surface area contributed by atoms with Crippen molar-refractivity contribution >= 4 is 17.1 Å². The standard InChI is InChI=1S/C9H11NOS/c1-6-5-10-9(12-6)8(11)4-7-2-3-7/h5,7H,2-4H2,1H3. The molecule has 1 aliphatic rings. The van der Waals surface area contributed by atoms with Crippen molar-refractivity contribution in [3.63, 3.8) is 0 Å². The first kappa shape index (κ1) is 7.92. The monoisotopic (exact) mass is 181 g/mol. The van der Waals surface area contributed by atoms with E-state index in [0.717, 1.165) is 4.88 Å². The third kappa shape index (κ3) is 1.72. The minimum absolute atomic E-state index is 0.232. The zero-order valence-corrected chi connectivity index (χ0v) is 7.86. The molecule has 0 saturated heterocycles. The summed E-state index contributed by atoms with van der Waals surface area (Å²) in [6, 6.07) is 0. The Balaban J connectivity index is 2.03. The van der Waals surface area contributed by atoms with Crippen LogP contribution in [-0.2, 0) is 0 Å². The molecule has 0 radical (unpaired) electrons. The third-order valence-electron chi connectivity index (χ3n) is 2.03. The number of hydrogen-bond donors (Lipinski definition) is 0. The van der Waals surface area contributed by atoms with Crippen LogP contribution in [0.5, 0.6) is 0 Å². The number of nitrogens with zero attached hydrogens (tertiary/aromatic N) is 1. The van der Waals surface area contributed by atoms with Crippen LogP contribution < -0.4 is 0 Å². The Morgan fingerprint density at radius 2 is 2.50 bits per heavy atom. The number of thiazole rings is 1. The molecule has 3 heteroatoms. The third-order valence-corrected chi connectivity index (χ3v) is 2.98. The number of aryl methyl sites for hydroxylation is 1. The molecule has 0 amide bonds. The SMILES string of the molecule is Cc1cnc(C(=O)CC2CC2)s1. The number of rotatable bonds is 3. The summed E-state index contributed by atoms with van der Waals surface area (Å²) in [6.07, 6.45) is 4.95. The molecule has 0 aliphatic heterocycles. The highest BCUT2D eigenvalue weighted by Gasteiger charge is 2.25. The lowest BCUT2D eigenvalue weighted by atomic mass is 10.2. The highest BCUT2D eigenvalue weighted by molar-refractivity contribution is 7.13. The van der Waals surface area contributed by atoms with Gasteiger partial charge < -0.3 is 0 Å². The van der Waals surface area contributed by atoms with Crippen LogP contribution >= 0.6 is 11.3 Å². The van der Waals surface area contributed by atoms with Crippen molar-refractivity contribution in [2.24, 2.45) is 5.92 Å². The summed E-state index contributed by atoms with van der Waals surface area (Å²) >= 11 is 1.50. The zero-order chi connectivity index (χ0) is 8.55. The molecule has 12 heavy (non-hydrogen) atoms. The first-order chi connectivity index (χ1) is 5.75.